The van der Waals surface area contributed by atoms with Crippen molar-refractivity contribution >= 4 is 58.0 Å². The van der Waals surface area contributed by atoms with Gasteiger partial charge >= 0.3 is 0 Å². The minimum Gasteiger partial charge on any atom is -0.324 e. The van der Waals surface area contributed by atoms with Crippen LogP contribution >= 0.6 is 23.5 Å². The number of nitrogens with one attached hydrogen (secondary N) is 1. The molecule has 1 fully saturated rings. The molecule has 4 rings (SSSR count). The van der Waals surface area contributed by atoms with Gasteiger partial charge in [-0.05, 0) is 80.4 Å². The lowest BCUT2D eigenvalue weighted by Gasteiger charge is -2.15. The Kier molecular flexibility index (Phi) is 8.03. The molecule has 0 radical (unpaired) electrons. The van der Waals surface area contributed by atoms with E-state index < -0.39 is 28.5 Å². The number of nitro groups is 1. The van der Waals surface area contributed by atoms with E-state index in [1.165, 1.54) is 23.9 Å². The molecule has 1 heterocycles. The maximum Gasteiger partial charge on any atom is 0.294 e. The van der Waals surface area contributed by atoms with Crippen molar-refractivity contribution in [2.45, 2.75) is 37.5 Å². The first-order chi connectivity index (χ1) is 18.0. The van der Waals surface area contributed by atoms with Gasteiger partial charge in [0.2, 0.25) is 5.91 Å². The van der Waals surface area contributed by atoms with Gasteiger partial charge in [-0.15, -0.1) is 0 Å². The Morgan fingerprint density at radius 1 is 1.00 bits per heavy atom. The van der Waals surface area contributed by atoms with Crippen LogP contribution in [0.25, 0.3) is 6.08 Å². The number of carbonyl (C=O) groups is 3. The Balaban J connectivity index is 1.50. The van der Waals surface area contributed by atoms with Crippen molar-refractivity contribution in [1.82, 2.24) is 4.90 Å². The normalized spacial score (nSPS) is 14.3. The van der Waals surface area contributed by atoms with Gasteiger partial charge in [-0.3, -0.25) is 29.4 Å². The quantitative estimate of drug-likeness (QED) is 0.200. The zero-order valence-electron chi connectivity index (χ0n) is 21.2. The molecule has 3 amide bonds. The standard InChI is InChI=1S/C28H25N3O5S2/c1-16-5-8-21(9-6-16)37-23-10-7-20(13-22(23)31(35)36)14-24-27(33)30(28(34)38-24)15-25(32)29-26-18(3)11-17(2)12-19(26)4/h5-14H,15H2,1-4H3,(H,29,32)/b24-14-. The summed E-state index contributed by atoms with van der Waals surface area (Å²) >= 11 is 1.97. The fourth-order valence-electron chi connectivity index (χ4n) is 4.07. The summed E-state index contributed by atoms with van der Waals surface area (Å²) in [6.45, 7) is 7.25. The monoisotopic (exact) mass is 547 g/mol. The second-order valence-corrected chi connectivity index (χ2v) is 11.1. The molecule has 38 heavy (non-hydrogen) atoms. The molecule has 3 aromatic carbocycles. The Morgan fingerprint density at radius 2 is 1.66 bits per heavy atom. The van der Waals surface area contributed by atoms with Crippen molar-refractivity contribution in [2.75, 3.05) is 11.9 Å². The smallest absolute Gasteiger partial charge is 0.294 e. The second-order valence-electron chi connectivity index (χ2n) is 8.99. The molecule has 1 saturated heterocycles. The predicted octanol–water partition coefficient (Wildman–Crippen LogP) is 6.65. The van der Waals surface area contributed by atoms with E-state index in [4.69, 9.17) is 0 Å². The first-order valence-corrected chi connectivity index (χ1v) is 13.3. The Morgan fingerprint density at radius 3 is 2.29 bits per heavy atom. The maximum atomic E-state index is 12.9. The average Bonchev–Trinajstić information content (AvgIpc) is 3.10. The minimum atomic E-state index is -0.617. The van der Waals surface area contributed by atoms with Gasteiger partial charge in [0.05, 0.1) is 14.7 Å². The summed E-state index contributed by atoms with van der Waals surface area (Å²) in [5.74, 6) is -1.11. The fourth-order valence-corrected chi connectivity index (χ4v) is 5.81. The lowest BCUT2D eigenvalue weighted by molar-refractivity contribution is -0.387. The maximum absolute atomic E-state index is 12.9. The van der Waals surface area contributed by atoms with Gasteiger partial charge in [-0.25, -0.2) is 0 Å². The molecular weight excluding hydrogens is 522 g/mol. The van der Waals surface area contributed by atoms with E-state index in [-0.39, 0.29) is 10.6 Å². The molecule has 3 aromatic rings. The number of aryl methyl sites for hydroxylation is 4. The average molecular weight is 548 g/mol. The lowest BCUT2D eigenvalue weighted by atomic mass is 10.1. The van der Waals surface area contributed by atoms with Gasteiger partial charge in [0.15, 0.2) is 0 Å². The summed E-state index contributed by atoms with van der Waals surface area (Å²) in [5.41, 5.74) is 4.88. The summed E-state index contributed by atoms with van der Waals surface area (Å²) < 4.78 is 0. The first-order valence-electron chi connectivity index (χ1n) is 11.7. The first kappa shape index (κ1) is 27.2. The van der Waals surface area contributed by atoms with E-state index in [1.807, 2.05) is 64.1 Å². The highest BCUT2D eigenvalue weighted by Crippen LogP contribution is 2.37. The molecular formula is C28H25N3O5S2. The number of benzene rings is 3. The number of rotatable bonds is 7. The molecule has 0 bridgehead atoms. The van der Waals surface area contributed by atoms with Crippen LogP contribution in [-0.4, -0.2) is 33.4 Å². The van der Waals surface area contributed by atoms with Gasteiger partial charge in [0.25, 0.3) is 16.8 Å². The van der Waals surface area contributed by atoms with Gasteiger partial charge in [-0.2, -0.15) is 0 Å². The lowest BCUT2D eigenvalue weighted by Crippen LogP contribution is -2.36. The molecule has 1 N–H and O–H groups in total. The molecule has 0 atom stereocenters. The third kappa shape index (κ3) is 6.15. The van der Waals surface area contributed by atoms with Gasteiger partial charge in [0.1, 0.15) is 6.54 Å². The van der Waals surface area contributed by atoms with Crippen LogP contribution in [0.2, 0.25) is 0 Å². The molecule has 1 aliphatic rings. The van der Waals surface area contributed by atoms with Gasteiger partial charge < -0.3 is 5.32 Å². The molecule has 194 valence electrons. The zero-order valence-corrected chi connectivity index (χ0v) is 22.9. The van der Waals surface area contributed by atoms with Crippen molar-refractivity contribution in [3.05, 3.63) is 97.4 Å². The van der Waals surface area contributed by atoms with Crippen molar-refractivity contribution in [2.24, 2.45) is 0 Å². The summed E-state index contributed by atoms with van der Waals surface area (Å²) in [5, 5.41) is 14.0. The number of amides is 3. The van der Waals surface area contributed by atoms with E-state index in [1.54, 1.807) is 12.1 Å². The van der Waals surface area contributed by atoms with Crippen LogP contribution in [0.1, 0.15) is 27.8 Å². The fraction of sp³-hybridized carbons (Fsp3) is 0.179. The van der Waals surface area contributed by atoms with Crippen molar-refractivity contribution in [3.8, 4) is 0 Å². The largest absolute Gasteiger partial charge is 0.324 e. The highest BCUT2D eigenvalue weighted by molar-refractivity contribution is 8.18. The molecule has 10 heteroatoms. The number of carbonyl (C=O) groups excluding carboxylic acids is 3. The number of hydrogen-bond donors (Lipinski definition) is 1. The molecule has 0 saturated carbocycles. The number of nitro benzene ring substituents is 1. The van der Waals surface area contributed by atoms with Gasteiger partial charge in [-0.1, -0.05) is 53.2 Å². The zero-order chi connectivity index (χ0) is 27.6. The SMILES string of the molecule is Cc1ccc(Sc2ccc(/C=C3\SC(=O)N(CC(=O)Nc4c(C)cc(C)cc4C)C3=O)cc2[N+](=O)[O-])cc1. The van der Waals surface area contributed by atoms with Crippen LogP contribution in [0, 0.1) is 37.8 Å². The van der Waals surface area contributed by atoms with Crippen LogP contribution in [0.5, 0.6) is 0 Å². The summed E-state index contributed by atoms with van der Waals surface area (Å²) in [7, 11) is 0. The van der Waals surface area contributed by atoms with Crippen LogP contribution < -0.4 is 5.32 Å². The van der Waals surface area contributed by atoms with E-state index in [0.29, 0.717) is 27.9 Å². The Bertz CT molecular complexity index is 1480. The summed E-state index contributed by atoms with van der Waals surface area (Å²) in [6, 6.07) is 16.2. The highest BCUT2D eigenvalue weighted by Gasteiger charge is 2.36. The number of thioether (sulfide) groups is 1. The van der Waals surface area contributed by atoms with E-state index in [2.05, 4.69) is 5.32 Å². The van der Waals surface area contributed by atoms with E-state index in [9.17, 15) is 24.5 Å². The predicted molar refractivity (Wildman–Crippen MR) is 150 cm³/mol. The third-order valence-corrected chi connectivity index (χ3v) is 7.82. The number of hydrogen-bond acceptors (Lipinski definition) is 7. The second kappa shape index (κ2) is 11.2. The Hall–Kier alpha value is -3.89. The number of nitrogens with zero attached hydrogens (tertiary/aromatic N) is 2. The number of imide groups is 1. The number of anilines is 1. The van der Waals surface area contributed by atoms with Crippen molar-refractivity contribution in [1.29, 1.82) is 0 Å². The van der Waals surface area contributed by atoms with Crippen molar-refractivity contribution in [3.63, 3.8) is 0 Å². The van der Waals surface area contributed by atoms with Crippen LogP contribution in [-0.2, 0) is 9.59 Å². The Labute approximate surface area is 228 Å². The van der Waals surface area contributed by atoms with Crippen molar-refractivity contribution < 1.29 is 19.3 Å². The van der Waals surface area contributed by atoms with E-state index in [0.717, 1.165) is 32.0 Å². The molecule has 0 spiro atoms. The summed E-state index contributed by atoms with van der Waals surface area (Å²) in [4.78, 5) is 51.7. The molecule has 0 unspecified atom stereocenters. The molecule has 0 aromatic heterocycles. The highest BCUT2D eigenvalue weighted by atomic mass is 32.2. The third-order valence-electron chi connectivity index (χ3n) is 5.84. The summed E-state index contributed by atoms with van der Waals surface area (Å²) in [6.07, 6.45) is 1.43. The van der Waals surface area contributed by atoms with Gasteiger partial charge in [0, 0.05) is 16.6 Å². The van der Waals surface area contributed by atoms with Crippen LogP contribution in [0.3, 0.4) is 0 Å². The van der Waals surface area contributed by atoms with Crippen LogP contribution in [0.15, 0.2) is 69.3 Å². The minimum absolute atomic E-state index is 0.0960. The van der Waals surface area contributed by atoms with Crippen LogP contribution in [0.4, 0.5) is 16.2 Å². The molecule has 8 nitrogen and oxygen atoms in total. The molecule has 0 aliphatic carbocycles. The van der Waals surface area contributed by atoms with E-state index >= 15 is 0 Å². The topological polar surface area (TPSA) is 110 Å². The molecule has 1 aliphatic heterocycles.